The molecule has 12 nitrogen and oxygen atoms in total. The quantitative estimate of drug-likeness (QED) is 0.0228. The number of esters is 3. The summed E-state index contributed by atoms with van der Waals surface area (Å²) in [6, 6.07) is 0. The molecule has 0 aliphatic carbocycles. The number of carbonyl (C=O) groups excluding carboxylic acids is 3. The molecule has 69 heavy (non-hydrogen) atoms. The minimum atomic E-state index is -1.91. The van der Waals surface area contributed by atoms with E-state index in [1.807, 2.05) is 0 Å². The molecule has 1 aliphatic heterocycles. The van der Waals surface area contributed by atoms with Crippen LogP contribution in [-0.4, -0.2) is 89.2 Å². The van der Waals surface area contributed by atoms with Crippen LogP contribution in [0.3, 0.4) is 0 Å². The summed E-state index contributed by atoms with van der Waals surface area (Å²) in [5.41, 5.74) is 0. The van der Waals surface area contributed by atoms with Crippen molar-refractivity contribution >= 4 is 23.9 Å². The topological polar surface area (TPSA) is 175 Å². The monoisotopic (exact) mass is 975 g/mol. The van der Waals surface area contributed by atoms with Crippen LogP contribution in [0.15, 0.2) is 48.6 Å². The van der Waals surface area contributed by atoms with E-state index < -0.39 is 67.3 Å². The molecule has 398 valence electrons. The standard InChI is InChI=1S/C57H98O12/c1-4-7-10-13-16-19-22-24-25-27-29-31-34-37-40-43-49(58)65-46-48(67-50(59)44-41-38-35-33-30-26-23-20-17-14-11-8-5-2)47-66-57-55(53(62)52(61)54(69-57)56(63)64)68-51(60)45-42-39-36-32-28-21-18-15-12-9-6-3/h15-16,18-20,23-25,48,52-55,57,61-62H,4-14,17,21-22,26-47H2,1-3H3,(H,63,64)/b18-15-,19-16-,23-20-,25-24-. The summed E-state index contributed by atoms with van der Waals surface area (Å²) in [7, 11) is 0. The summed E-state index contributed by atoms with van der Waals surface area (Å²) < 4.78 is 28.3. The molecule has 0 aromatic rings. The first kappa shape index (κ1) is 63.7. The van der Waals surface area contributed by atoms with Crippen LogP contribution in [0, 0.1) is 0 Å². The lowest BCUT2D eigenvalue weighted by atomic mass is 9.98. The van der Waals surface area contributed by atoms with Crippen molar-refractivity contribution in [3.05, 3.63) is 48.6 Å². The summed E-state index contributed by atoms with van der Waals surface area (Å²) in [4.78, 5) is 50.9. The van der Waals surface area contributed by atoms with Crippen molar-refractivity contribution in [2.45, 2.75) is 276 Å². The minimum Gasteiger partial charge on any atom is -0.479 e. The molecule has 0 aromatic carbocycles. The van der Waals surface area contributed by atoms with Gasteiger partial charge >= 0.3 is 23.9 Å². The van der Waals surface area contributed by atoms with E-state index >= 15 is 0 Å². The number of carboxylic acids is 1. The van der Waals surface area contributed by atoms with E-state index in [9.17, 15) is 34.5 Å². The van der Waals surface area contributed by atoms with E-state index in [1.54, 1.807) is 0 Å². The maximum absolute atomic E-state index is 13.1. The van der Waals surface area contributed by atoms with Gasteiger partial charge in [-0.1, -0.05) is 172 Å². The number of allylic oxidation sites excluding steroid dienone is 8. The van der Waals surface area contributed by atoms with Crippen LogP contribution in [0.4, 0.5) is 0 Å². The number of aliphatic hydroxyl groups excluding tert-OH is 2. The zero-order valence-corrected chi connectivity index (χ0v) is 43.6. The maximum atomic E-state index is 13.1. The van der Waals surface area contributed by atoms with Crippen molar-refractivity contribution in [3.8, 4) is 0 Å². The van der Waals surface area contributed by atoms with Gasteiger partial charge < -0.3 is 39.0 Å². The fraction of sp³-hybridized carbons (Fsp3) is 0.789. The largest absolute Gasteiger partial charge is 0.479 e. The second kappa shape index (κ2) is 45.8. The average molecular weight is 975 g/mol. The van der Waals surface area contributed by atoms with Crippen LogP contribution < -0.4 is 0 Å². The first-order valence-corrected chi connectivity index (χ1v) is 27.6. The number of carbonyl (C=O) groups is 4. The lowest BCUT2D eigenvalue weighted by Crippen LogP contribution is -2.61. The van der Waals surface area contributed by atoms with Crippen molar-refractivity contribution in [3.63, 3.8) is 0 Å². The molecule has 1 fully saturated rings. The number of aliphatic hydroxyl groups is 2. The van der Waals surface area contributed by atoms with Gasteiger partial charge in [0.1, 0.15) is 18.8 Å². The molecule has 12 heteroatoms. The van der Waals surface area contributed by atoms with Crippen LogP contribution in [0.2, 0.25) is 0 Å². The van der Waals surface area contributed by atoms with E-state index in [0.717, 1.165) is 122 Å². The summed E-state index contributed by atoms with van der Waals surface area (Å²) >= 11 is 0. The predicted molar refractivity (Wildman–Crippen MR) is 276 cm³/mol. The Balaban J connectivity index is 2.73. The SMILES string of the molecule is CCCC/C=C\CCCCCCCC(=O)OC1C(OCC(COC(=O)CCCCCCC/C=C\C/C=C\CCCCC)OC(=O)CCCCCCC/C=C\CCCCCC)OC(C(=O)O)C(O)C1O. The van der Waals surface area contributed by atoms with Gasteiger partial charge in [-0.25, -0.2) is 4.79 Å². The fourth-order valence-corrected chi connectivity index (χ4v) is 8.02. The summed E-state index contributed by atoms with van der Waals surface area (Å²) in [6.45, 7) is 5.87. The van der Waals surface area contributed by atoms with Gasteiger partial charge in [0.2, 0.25) is 0 Å². The van der Waals surface area contributed by atoms with Gasteiger partial charge in [0.25, 0.3) is 0 Å². The highest BCUT2D eigenvalue weighted by Crippen LogP contribution is 2.26. The third-order valence-electron chi connectivity index (χ3n) is 12.3. The number of hydrogen-bond acceptors (Lipinski definition) is 11. The Bertz CT molecular complexity index is 1390. The van der Waals surface area contributed by atoms with Gasteiger partial charge in [-0.05, 0) is 96.3 Å². The molecule has 1 aliphatic rings. The molecule has 0 amide bonds. The first-order valence-electron chi connectivity index (χ1n) is 27.6. The summed E-state index contributed by atoms with van der Waals surface area (Å²) in [5.74, 6) is -3.15. The van der Waals surface area contributed by atoms with Crippen LogP contribution in [-0.2, 0) is 42.9 Å². The molecule has 0 aromatic heterocycles. The lowest BCUT2D eigenvalue weighted by molar-refractivity contribution is -0.301. The Morgan fingerprint density at radius 2 is 0.884 bits per heavy atom. The number of unbranched alkanes of at least 4 members (excludes halogenated alkanes) is 24. The molecular weight excluding hydrogens is 877 g/mol. The molecule has 1 rings (SSSR count). The van der Waals surface area contributed by atoms with Gasteiger partial charge in [0, 0.05) is 19.3 Å². The summed E-state index contributed by atoms with van der Waals surface area (Å²) in [5, 5.41) is 31.3. The van der Waals surface area contributed by atoms with Crippen molar-refractivity contribution < 1.29 is 58.2 Å². The third-order valence-corrected chi connectivity index (χ3v) is 12.3. The van der Waals surface area contributed by atoms with Crippen molar-refractivity contribution in [2.24, 2.45) is 0 Å². The second-order valence-corrected chi connectivity index (χ2v) is 18.9. The van der Waals surface area contributed by atoms with E-state index in [0.29, 0.717) is 19.3 Å². The van der Waals surface area contributed by atoms with Crippen LogP contribution in [0.1, 0.15) is 239 Å². The number of ether oxygens (including phenoxy) is 5. The van der Waals surface area contributed by atoms with Crippen LogP contribution in [0.5, 0.6) is 0 Å². The van der Waals surface area contributed by atoms with Crippen LogP contribution in [0.25, 0.3) is 0 Å². The average Bonchev–Trinajstić information content (AvgIpc) is 3.33. The Morgan fingerprint density at radius 3 is 1.39 bits per heavy atom. The number of carboxylic acid groups (broad SMARTS) is 1. The smallest absolute Gasteiger partial charge is 0.335 e. The van der Waals surface area contributed by atoms with Crippen molar-refractivity contribution in [1.82, 2.24) is 0 Å². The molecule has 3 N–H and O–H groups in total. The number of aliphatic carboxylic acids is 1. The lowest BCUT2D eigenvalue weighted by Gasteiger charge is -2.40. The Kier molecular flexibility index (Phi) is 42.3. The predicted octanol–water partition coefficient (Wildman–Crippen LogP) is 13.4. The zero-order valence-electron chi connectivity index (χ0n) is 43.6. The Morgan fingerprint density at radius 1 is 0.478 bits per heavy atom. The van der Waals surface area contributed by atoms with Gasteiger partial charge in [0.15, 0.2) is 24.6 Å². The third kappa shape index (κ3) is 36.3. The molecule has 6 atom stereocenters. The van der Waals surface area contributed by atoms with Gasteiger partial charge in [-0.3, -0.25) is 14.4 Å². The second-order valence-electron chi connectivity index (χ2n) is 18.9. The number of hydrogen-bond donors (Lipinski definition) is 3. The molecule has 0 spiro atoms. The van der Waals surface area contributed by atoms with Crippen molar-refractivity contribution in [1.29, 1.82) is 0 Å². The van der Waals surface area contributed by atoms with E-state index in [1.165, 1.54) is 57.8 Å². The molecule has 1 saturated heterocycles. The molecule has 0 bridgehead atoms. The minimum absolute atomic E-state index is 0.0481. The van der Waals surface area contributed by atoms with Gasteiger partial charge in [-0.15, -0.1) is 0 Å². The highest BCUT2D eigenvalue weighted by Gasteiger charge is 2.50. The molecule has 6 unspecified atom stereocenters. The highest BCUT2D eigenvalue weighted by atomic mass is 16.7. The highest BCUT2D eigenvalue weighted by molar-refractivity contribution is 5.74. The molecule has 0 radical (unpaired) electrons. The van der Waals surface area contributed by atoms with Gasteiger partial charge in [-0.2, -0.15) is 0 Å². The zero-order chi connectivity index (χ0) is 50.4. The molecule has 1 heterocycles. The maximum Gasteiger partial charge on any atom is 0.335 e. The fourth-order valence-electron chi connectivity index (χ4n) is 8.02. The van der Waals surface area contributed by atoms with Gasteiger partial charge in [0.05, 0.1) is 6.61 Å². The van der Waals surface area contributed by atoms with E-state index in [2.05, 4.69) is 69.4 Å². The molecular formula is C57H98O12. The molecule has 0 saturated carbocycles. The first-order chi connectivity index (χ1) is 33.6. The van der Waals surface area contributed by atoms with E-state index in [-0.39, 0.29) is 25.9 Å². The Labute approximate surface area is 418 Å². The Hall–Kier alpha value is -3.32. The summed E-state index contributed by atoms with van der Waals surface area (Å²) in [6.07, 6.45) is 40.9. The van der Waals surface area contributed by atoms with Crippen molar-refractivity contribution in [2.75, 3.05) is 13.2 Å². The number of rotatable bonds is 46. The normalized spacial score (nSPS) is 19.0. The van der Waals surface area contributed by atoms with E-state index in [4.69, 9.17) is 23.7 Å². The van der Waals surface area contributed by atoms with Crippen LogP contribution >= 0.6 is 0 Å².